The van der Waals surface area contributed by atoms with Crippen LogP contribution in [0.15, 0.2) is 24.3 Å². The van der Waals surface area contributed by atoms with Crippen molar-refractivity contribution in [1.29, 1.82) is 0 Å². The third-order valence-corrected chi connectivity index (χ3v) is 14.9. The van der Waals surface area contributed by atoms with Gasteiger partial charge < -0.3 is 47.4 Å². The zero-order chi connectivity index (χ0) is 39.6. The number of ketones is 1. The molecule has 0 N–H and O–H groups in total. The van der Waals surface area contributed by atoms with E-state index in [4.69, 9.17) is 53.8 Å². The Morgan fingerprint density at radius 2 is 1.58 bits per heavy atom. The second kappa shape index (κ2) is 16.6. The number of hydrogen-bond acceptors (Lipinski definition) is 12. The minimum Gasteiger partial charge on any atom is -0.380 e. The molecule has 10 aliphatic rings. The number of rotatable bonds is 7. The van der Waals surface area contributed by atoms with Gasteiger partial charge in [-0.1, -0.05) is 26.0 Å². The zero-order valence-electron chi connectivity index (χ0n) is 34.4. The summed E-state index contributed by atoms with van der Waals surface area (Å²) < 4.78 is 66.8. The van der Waals surface area contributed by atoms with Crippen molar-refractivity contribution in [3.05, 3.63) is 24.3 Å². The van der Waals surface area contributed by atoms with Gasteiger partial charge in [-0.15, -0.1) is 6.42 Å². The van der Waals surface area contributed by atoms with E-state index in [1.807, 2.05) is 7.05 Å². The predicted octanol–water partition coefficient (Wildman–Crippen LogP) is 4.70. The second-order valence-corrected chi connectivity index (χ2v) is 18.8. The summed E-state index contributed by atoms with van der Waals surface area (Å²) >= 11 is 0. The van der Waals surface area contributed by atoms with Crippen LogP contribution in [0.25, 0.3) is 0 Å². The Kier molecular flexibility index (Phi) is 11.9. The molecule has 0 aromatic carbocycles. The SMILES string of the molecule is C#CCN(C)C[C@H](C[C@H]1O[C@H]2C[C@H]3O[C@@H](CC[C@@H]4O[C@@H](CC[C@@]56C[C@H]7O[C@H]8[C@@H](O5)[C@H]5O[C@H](CC[C@@H]5O[C@H]8[C@H]7O6)CC(=O)C[C@@H]2[C@H]1OC)CC4=C)C[C@@H](C)C3=C)OC. The summed E-state index contributed by atoms with van der Waals surface area (Å²) in [5.74, 6) is 2.19. The molecule has 10 aliphatic heterocycles. The molecule has 0 saturated carbocycles. The smallest absolute Gasteiger partial charge is 0.172 e. The van der Waals surface area contributed by atoms with Gasteiger partial charge in [0.05, 0.1) is 73.7 Å². The lowest BCUT2D eigenvalue weighted by Gasteiger charge is -2.47. The molecule has 10 saturated heterocycles. The summed E-state index contributed by atoms with van der Waals surface area (Å²) in [5.41, 5.74) is 2.23. The quantitative estimate of drug-likeness (QED) is 0.263. The van der Waals surface area contributed by atoms with E-state index in [9.17, 15) is 4.79 Å². The molecule has 0 radical (unpaired) electrons. The van der Waals surface area contributed by atoms with E-state index in [-0.39, 0.29) is 109 Å². The van der Waals surface area contributed by atoms with Crippen LogP contribution >= 0.6 is 0 Å². The highest BCUT2D eigenvalue weighted by Gasteiger charge is 2.68. The van der Waals surface area contributed by atoms with Crippen molar-refractivity contribution in [1.82, 2.24) is 4.90 Å². The van der Waals surface area contributed by atoms with E-state index in [0.29, 0.717) is 57.5 Å². The lowest BCUT2D eigenvalue weighted by molar-refractivity contribution is -0.292. The van der Waals surface area contributed by atoms with Gasteiger partial charge in [0.25, 0.3) is 0 Å². The minimum absolute atomic E-state index is 0.0117. The maximum atomic E-state index is 14.3. The van der Waals surface area contributed by atoms with E-state index >= 15 is 0 Å². The first-order valence-electron chi connectivity index (χ1n) is 21.9. The van der Waals surface area contributed by atoms with Gasteiger partial charge in [-0.25, -0.2) is 0 Å². The number of fused-ring (bicyclic) bond motifs is 6. The average molecular weight is 796 g/mol. The second-order valence-electron chi connectivity index (χ2n) is 18.8. The van der Waals surface area contributed by atoms with E-state index in [1.165, 1.54) is 0 Å². The third kappa shape index (κ3) is 7.98. The number of terminal acetylenes is 1. The Morgan fingerprint density at radius 3 is 2.39 bits per heavy atom. The maximum Gasteiger partial charge on any atom is 0.172 e. The Labute approximate surface area is 338 Å². The third-order valence-electron chi connectivity index (χ3n) is 14.9. The first-order valence-corrected chi connectivity index (χ1v) is 21.9. The number of ether oxygens (including phenoxy) is 10. The fourth-order valence-electron chi connectivity index (χ4n) is 12.0. The molecular formula is C45H65NO11. The van der Waals surface area contributed by atoms with Crippen LogP contribution < -0.4 is 0 Å². The predicted molar refractivity (Wildman–Crippen MR) is 208 cm³/mol. The van der Waals surface area contributed by atoms with Crippen LogP contribution in [0.5, 0.6) is 0 Å². The van der Waals surface area contributed by atoms with Crippen LogP contribution in [0.4, 0.5) is 0 Å². The van der Waals surface area contributed by atoms with E-state index in [0.717, 1.165) is 56.1 Å². The fourth-order valence-corrected chi connectivity index (χ4v) is 12.0. The van der Waals surface area contributed by atoms with Crippen LogP contribution in [-0.4, -0.2) is 148 Å². The van der Waals surface area contributed by atoms with Gasteiger partial charge >= 0.3 is 0 Å². The molecule has 10 fully saturated rings. The molecule has 12 bridgehead atoms. The van der Waals surface area contributed by atoms with Crippen LogP contribution in [0.1, 0.15) is 90.4 Å². The maximum absolute atomic E-state index is 14.3. The van der Waals surface area contributed by atoms with Gasteiger partial charge in [0, 0.05) is 65.2 Å². The summed E-state index contributed by atoms with van der Waals surface area (Å²) in [5, 5.41) is 0. The number of Topliss-reactive ketones (excluding diaryl/α,β-unsaturated/α-hetero) is 1. The van der Waals surface area contributed by atoms with Crippen molar-refractivity contribution < 1.29 is 52.2 Å². The molecule has 0 aromatic rings. The van der Waals surface area contributed by atoms with Crippen molar-refractivity contribution >= 4 is 5.78 Å². The van der Waals surface area contributed by atoms with E-state index < -0.39 is 5.79 Å². The highest BCUT2D eigenvalue weighted by atomic mass is 16.8. The molecule has 12 heteroatoms. The molecule has 0 unspecified atom stereocenters. The largest absolute Gasteiger partial charge is 0.380 e. The molecule has 19 atom stereocenters. The van der Waals surface area contributed by atoms with E-state index in [2.05, 4.69) is 30.9 Å². The van der Waals surface area contributed by atoms with Crippen LogP contribution in [0.2, 0.25) is 0 Å². The summed E-state index contributed by atoms with van der Waals surface area (Å²) in [6, 6.07) is 0. The molecule has 10 heterocycles. The molecule has 12 nitrogen and oxygen atoms in total. The number of likely N-dealkylation sites (N-methyl/N-ethyl adjacent to an activating group) is 1. The summed E-state index contributed by atoms with van der Waals surface area (Å²) in [6.07, 6.45) is 11.8. The number of carbonyl (C=O) groups is 1. The van der Waals surface area contributed by atoms with Gasteiger partial charge in [0.1, 0.15) is 36.3 Å². The van der Waals surface area contributed by atoms with Crippen molar-refractivity contribution in [3.63, 3.8) is 0 Å². The number of carbonyl (C=O) groups excluding carboxylic acids is 1. The molecule has 0 aromatic heterocycles. The highest BCUT2D eigenvalue weighted by Crippen LogP contribution is 2.54. The van der Waals surface area contributed by atoms with Gasteiger partial charge in [-0.3, -0.25) is 9.69 Å². The van der Waals surface area contributed by atoms with Gasteiger partial charge in [-0.2, -0.15) is 0 Å². The summed E-state index contributed by atoms with van der Waals surface area (Å²) in [6.45, 7) is 12.4. The summed E-state index contributed by atoms with van der Waals surface area (Å²) in [4.78, 5) is 16.4. The van der Waals surface area contributed by atoms with Crippen molar-refractivity contribution in [2.75, 3.05) is 34.4 Å². The molecule has 0 amide bonds. The average Bonchev–Trinajstić information content (AvgIpc) is 3.86. The standard InChI is InChI=1S/C45H65NO11/c1-8-15-46(5)23-31(48-6)20-37-39(49-7)32-19-27(47)18-29-10-12-34-40(52-29)44-43-42(54-34)41-38(55-43)22-45(56-41,57-44)14-13-30-17-25(3)33(50-30)11-9-28-16-24(2)26(4)35(51-28)21-36(32)53-37/h1,24,28-44H,3-4,9-23H2,2,5-7H3/t24-,28+,29-,30+,31+,32+,33+,34+,35-,36+,37-,38-,39-,40+,41+,42+,43-,44+,45+/m1/s1. The fraction of sp³-hybridized carbons (Fsp3) is 0.844. The Hall–Kier alpha value is -1.73. The van der Waals surface area contributed by atoms with Crippen molar-refractivity contribution in [2.45, 2.75) is 194 Å². The Bertz CT molecular complexity index is 1550. The van der Waals surface area contributed by atoms with Crippen molar-refractivity contribution in [2.24, 2.45) is 11.8 Å². The number of hydrogen-bond donors (Lipinski definition) is 0. The first-order chi connectivity index (χ1) is 27.5. The lowest BCUT2D eigenvalue weighted by Crippen LogP contribution is -2.61. The lowest BCUT2D eigenvalue weighted by atomic mass is 9.81. The monoisotopic (exact) mass is 795 g/mol. The van der Waals surface area contributed by atoms with E-state index in [1.54, 1.807) is 14.2 Å². The Morgan fingerprint density at radius 1 is 0.825 bits per heavy atom. The Balaban J connectivity index is 0.981. The van der Waals surface area contributed by atoms with Crippen LogP contribution in [-0.2, 0) is 52.2 Å². The van der Waals surface area contributed by atoms with Gasteiger partial charge in [0.15, 0.2) is 5.79 Å². The molecule has 57 heavy (non-hydrogen) atoms. The highest BCUT2D eigenvalue weighted by molar-refractivity contribution is 5.79. The topological polar surface area (TPSA) is 113 Å². The molecule has 0 aliphatic carbocycles. The molecule has 1 spiro atoms. The van der Waals surface area contributed by atoms with Crippen molar-refractivity contribution in [3.8, 4) is 12.3 Å². The molecule has 316 valence electrons. The normalized spacial score (nSPS) is 48.8. The van der Waals surface area contributed by atoms with Crippen LogP contribution in [0.3, 0.4) is 0 Å². The molecule has 10 rings (SSSR count). The van der Waals surface area contributed by atoms with Gasteiger partial charge in [0.2, 0.25) is 0 Å². The number of methoxy groups -OCH3 is 2. The zero-order valence-corrected chi connectivity index (χ0v) is 34.4. The van der Waals surface area contributed by atoms with Gasteiger partial charge in [-0.05, 0) is 69.1 Å². The summed E-state index contributed by atoms with van der Waals surface area (Å²) in [7, 11) is 5.44. The molecular weight excluding hydrogens is 730 g/mol. The minimum atomic E-state index is -0.779. The number of nitrogens with zero attached hydrogens (tertiary/aromatic N) is 1. The van der Waals surface area contributed by atoms with Crippen LogP contribution in [0, 0.1) is 24.2 Å². The first kappa shape index (κ1) is 40.7.